The normalized spacial score (nSPS) is 11.1. The van der Waals surface area contributed by atoms with Gasteiger partial charge in [-0.25, -0.2) is 0 Å². The van der Waals surface area contributed by atoms with Gasteiger partial charge in [0.15, 0.2) is 11.5 Å². The monoisotopic (exact) mass is 438 g/mol. The van der Waals surface area contributed by atoms with Crippen LogP contribution in [0.25, 0.3) is 0 Å². The lowest BCUT2D eigenvalue weighted by atomic mass is 9.95. The number of ether oxygens (including phenoxy) is 1. The Balaban J connectivity index is 2.00. The zero-order valence-electron chi connectivity index (χ0n) is 20.7. The number of phenolic OH excluding ortho intramolecular Hbond substituents is 1. The van der Waals surface area contributed by atoms with Crippen LogP contribution in [0.3, 0.4) is 0 Å². The Morgan fingerprint density at radius 3 is 1.72 bits per heavy atom. The first-order valence-corrected chi connectivity index (χ1v) is 13.3. The topological polar surface area (TPSA) is 29.5 Å². The predicted molar refractivity (Wildman–Crippen MR) is 138 cm³/mol. The summed E-state index contributed by atoms with van der Waals surface area (Å²) in [4.78, 5) is 0. The van der Waals surface area contributed by atoms with E-state index in [1.165, 1.54) is 94.6 Å². The van der Waals surface area contributed by atoms with Crippen molar-refractivity contribution in [2.75, 3.05) is 0 Å². The molecule has 0 heterocycles. The van der Waals surface area contributed by atoms with Crippen molar-refractivity contribution in [2.24, 2.45) is 0 Å². The van der Waals surface area contributed by atoms with Crippen molar-refractivity contribution >= 4 is 0 Å². The van der Waals surface area contributed by atoms with Gasteiger partial charge in [0.2, 0.25) is 0 Å². The minimum Gasteiger partial charge on any atom is -0.504 e. The van der Waals surface area contributed by atoms with Gasteiger partial charge in [-0.3, -0.25) is 0 Å². The zero-order chi connectivity index (χ0) is 22.9. The molecule has 0 saturated carbocycles. The van der Waals surface area contributed by atoms with Gasteiger partial charge in [0.05, 0.1) is 0 Å². The summed E-state index contributed by atoms with van der Waals surface area (Å²) in [5.41, 5.74) is 2.57. The summed E-state index contributed by atoms with van der Waals surface area (Å²) in [6, 6.07) is 13.8. The lowest BCUT2D eigenvalue weighted by Crippen LogP contribution is -2.00. The third-order valence-corrected chi connectivity index (χ3v) is 6.38. The fourth-order valence-electron chi connectivity index (χ4n) is 4.42. The maximum Gasteiger partial charge on any atom is 0.172 e. The van der Waals surface area contributed by atoms with E-state index in [1.807, 2.05) is 36.4 Å². The molecule has 2 aromatic carbocycles. The Hall–Kier alpha value is -1.96. The molecule has 2 rings (SSSR count). The molecular formula is C30H46O2. The highest BCUT2D eigenvalue weighted by Crippen LogP contribution is 2.38. The van der Waals surface area contributed by atoms with E-state index in [2.05, 4.69) is 19.9 Å². The second kappa shape index (κ2) is 16.6. The van der Waals surface area contributed by atoms with E-state index in [9.17, 15) is 5.11 Å². The van der Waals surface area contributed by atoms with Crippen LogP contribution in [0.1, 0.15) is 115 Å². The maximum absolute atomic E-state index is 10.6. The number of unbranched alkanes of at least 4 members (excludes halogenated alkanes) is 12. The quantitative estimate of drug-likeness (QED) is 0.235. The van der Waals surface area contributed by atoms with Crippen molar-refractivity contribution in [2.45, 2.75) is 117 Å². The van der Waals surface area contributed by atoms with Crippen LogP contribution in [0.2, 0.25) is 0 Å². The van der Waals surface area contributed by atoms with Crippen molar-refractivity contribution in [1.29, 1.82) is 0 Å². The van der Waals surface area contributed by atoms with E-state index in [1.54, 1.807) is 0 Å². The molecule has 2 aromatic rings. The summed E-state index contributed by atoms with van der Waals surface area (Å²) in [6.07, 6.45) is 20.3. The molecule has 0 fully saturated rings. The summed E-state index contributed by atoms with van der Waals surface area (Å²) in [5.74, 6) is 1.72. The Morgan fingerprint density at radius 1 is 0.594 bits per heavy atom. The van der Waals surface area contributed by atoms with Gasteiger partial charge in [-0.05, 0) is 49.4 Å². The highest BCUT2D eigenvalue weighted by molar-refractivity contribution is 5.52. The van der Waals surface area contributed by atoms with E-state index in [-0.39, 0.29) is 5.75 Å². The summed E-state index contributed by atoms with van der Waals surface area (Å²) < 4.78 is 6.21. The predicted octanol–water partition coefficient (Wildman–Crippen LogP) is 9.77. The fourth-order valence-corrected chi connectivity index (χ4v) is 4.42. The van der Waals surface area contributed by atoms with Gasteiger partial charge in [0.25, 0.3) is 0 Å². The molecule has 0 unspecified atom stereocenters. The van der Waals surface area contributed by atoms with Crippen molar-refractivity contribution in [3.8, 4) is 17.2 Å². The largest absolute Gasteiger partial charge is 0.504 e. The van der Waals surface area contributed by atoms with E-state index < -0.39 is 0 Å². The van der Waals surface area contributed by atoms with Crippen molar-refractivity contribution in [1.82, 2.24) is 0 Å². The second-order valence-electron chi connectivity index (χ2n) is 9.21. The van der Waals surface area contributed by atoms with E-state index in [4.69, 9.17) is 4.74 Å². The van der Waals surface area contributed by atoms with E-state index in [0.29, 0.717) is 5.75 Å². The molecule has 0 aliphatic rings. The average Bonchev–Trinajstić information content (AvgIpc) is 2.81. The number of aryl methyl sites for hydroxylation is 1. The van der Waals surface area contributed by atoms with E-state index in [0.717, 1.165) is 25.0 Å². The first-order valence-electron chi connectivity index (χ1n) is 13.3. The molecule has 178 valence electrons. The first kappa shape index (κ1) is 26.3. The van der Waals surface area contributed by atoms with Gasteiger partial charge in [-0.2, -0.15) is 0 Å². The minimum absolute atomic E-state index is 0.259. The molecule has 2 nitrogen and oxygen atoms in total. The van der Waals surface area contributed by atoms with Gasteiger partial charge >= 0.3 is 0 Å². The molecular weight excluding hydrogens is 392 g/mol. The summed E-state index contributed by atoms with van der Waals surface area (Å²) in [6.45, 7) is 4.54. The van der Waals surface area contributed by atoms with Gasteiger partial charge in [-0.1, -0.05) is 115 Å². The zero-order valence-corrected chi connectivity index (χ0v) is 20.7. The number of hydrogen-bond donors (Lipinski definition) is 1. The highest BCUT2D eigenvalue weighted by Gasteiger charge is 2.15. The Kier molecular flexibility index (Phi) is 13.7. The molecule has 0 amide bonds. The number of hydrogen-bond acceptors (Lipinski definition) is 2. The van der Waals surface area contributed by atoms with Crippen LogP contribution in [0.15, 0.2) is 42.5 Å². The van der Waals surface area contributed by atoms with Crippen LogP contribution >= 0.6 is 0 Å². The lowest BCUT2D eigenvalue weighted by molar-refractivity contribution is 0.405. The van der Waals surface area contributed by atoms with Crippen LogP contribution in [0.4, 0.5) is 0 Å². The Bertz CT molecular complexity index is 723. The molecule has 0 saturated heterocycles. The van der Waals surface area contributed by atoms with Crippen LogP contribution in [-0.2, 0) is 12.8 Å². The Morgan fingerprint density at radius 2 is 1.12 bits per heavy atom. The van der Waals surface area contributed by atoms with Crippen molar-refractivity contribution in [3.63, 3.8) is 0 Å². The molecule has 0 bridgehead atoms. The fraction of sp³-hybridized carbons (Fsp3) is 0.600. The number of benzene rings is 2. The third-order valence-electron chi connectivity index (χ3n) is 6.38. The molecule has 0 atom stereocenters. The summed E-state index contributed by atoms with van der Waals surface area (Å²) in [5, 5.41) is 10.6. The molecule has 32 heavy (non-hydrogen) atoms. The summed E-state index contributed by atoms with van der Waals surface area (Å²) >= 11 is 0. The van der Waals surface area contributed by atoms with Gasteiger partial charge in [0, 0.05) is 5.56 Å². The van der Waals surface area contributed by atoms with Crippen LogP contribution in [0, 0.1) is 0 Å². The van der Waals surface area contributed by atoms with Crippen LogP contribution in [-0.4, -0.2) is 5.11 Å². The molecule has 0 aliphatic heterocycles. The second-order valence-corrected chi connectivity index (χ2v) is 9.21. The van der Waals surface area contributed by atoms with Crippen molar-refractivity contribution in [3.05, 3.63) is 53.6 Å². The minimum atomic E-state index is 0.259. The molecule has 0 spiro atoms. The van der Waals surface area contributed by atoms with Gasteiger partial charge in [0.1, 0.15) is 5.75 Å². The Labute approximate surface area is 197 Å². The summed E-state index contributed by atoms with van der Waals surface area (Å²) in [7, 11) is 0. The standard InChI is InChI=1S/C30H46O2/c1-3-5-7-9-11-13-16-20-26-24-25-29(31)30(32-27-21-17-15-18-22-27)28(26)23-19-14-12-10-8-6-4-2/h15,17-18,21-22,24-25,31H,3-14,16,19-20,23H2,1-2H3. The molecule has 1 N–H and O–H groups in total. The molecule has 2 heteroatoms. The number of para-hydroxylation sites is 1. The number of phenols is 1. The molecule has 0 aliphatic carbocycles. The third kappa shape index (κ3) is 10.1. The van der Waals surface area contributed by atoms with Crippen LogP contribution in [0.5, 0.6) is 17.2 Å². The SMILES string of the molecule is CCCCCCCCCc1ccc(O)c(Oc2ccccc2)c1CCCCCCCCC. The smallest absolute Gasteiger partial charge is 0.172 e. The van der Waals surface area contributed by atoms with Gasteiger partial charge < -0.3 is 9.84 Å². The molecule has 0 radical (unpaired) electrons. The highest BCUT2D eigenvalue weighted by atomic mass is 16.5. The first-order chi connectivity index (χ1) is 15.8. The lowest BCUT2D eigenvalue weighted by Gasteiger charge is -2.17. The average molecular weight is 439 g/mol. The number of rotatable bonds is 18. The van der Waals surface area contributed by atoms with Crippen molar-refractivity contribution < 1.29 is 9.84 Å². The maximum atomic E-state index is 10.6. The molecule has 0 aromatic heterocycles. The van der Waals surface area contributed by atoms with Crippen LogP contribution < -0.4 is 4.74 Å². The van der Waals surface area contributed by atoms with E-state index >= 15 is 0 Å². The van der Waals surface area contributed by atoms with Gasteiger partial charge in [-0.15, -0.1) is 0 Å². The number of aromatic hydroxyl groups is 1.